The van der Waals surface area contributed by atoms with Gasteiger partial charge < -0.3 is 14.7 Å². The molecule has 0 aliphatic rings. The number of aromatic nitrogens is 3. The van der Waals surface area contributed by atoms with E-state index in [1.807, 2.05) is 0 Å². The molecule has 2 aromatic heterocycles. The van der Waals surface area contributed by atoms with Gasteiger partial charge in [0.05, 0.1) is 12.3 Å². The molecule has 0 aliphatic carbocycles. The van der Waals surface area contributed by atoms with Gasteiger partial charge >= 0.3 is 5.97 Å². The van der Waals surface area contributed by atoms with Crippen molar-refractivity contribution in [1.82, 2.24) is 19.7 Å². The Labute approximate surface area is 126 Å². The number of hydrogen-bond acceptors (Lipinski definition) is 5. The van der Waals surface area contributed by atoms with Crippen molar-refractivity contribution in [2.24, 2.45) is 0 Å². The molecule has 22 heavy (non-hydrogen) atoms. The van der Waals surface area contributed by atoms with Gasteiger partial charge in [-0.25, -0.2) is 4.68 Å². The summed E-state index contributed by atoms with van der Waals surface area (Å²) in [5.74, 6) is -1.55. The van der Waals surface area contributed by atoms with E-state index in [1.165, 1.54) is 18.2 Å². The van der Waals surface area contributed by atoms with Crippen molar-refractivity contribution in [3.05, 3.63) is 42.5 Å². The number of rotatable bonds is 7. The predicted octanol–water partition coefficient (Wildman–Crippen LogP) is 0.440. The highest BCUT2D eigenvalue weighted by molar-refractivity contribution is 5.94. The fourth-order valence-electron chi connectivity index (χ4n) is 1.88. The standard InChI is InChI=1S/C14H16N4O4/c1-22-8-7-17(10-13(19)20)14(21)12-9-11(3-5-15-12)18-6-2-4-16-18/h2-6,9H,7-8,10H2,1H3,(H,19,20). The van der Waals surface area contributed by atoms with E-state index in [9.17, 15) is 9.59 Å². The minimum atomic E-state index is -1.09. The lowest BCUT2D eigenvalue weighted by Crippen LogP contribution is -2.38. The number of aliphatic carboxylic acids is 1. The Bertz CT molecular complexity index is 642. The highest BCUT2D eigenvalue weighted by Crippen LogP contribution is 2.09. The summed E-state index contributed by atoms with van der Waals surface area (Å²) in [6, 6.07) is 5.04. The Morgan fingerprint density at radius 3 is 2.86 bits per heavy atom. The van der Waals surface area contributed by atoms with Gasteiger partial charge in [-0.3, -0.25) is 14.6 Å². The van der Waals surface area contributed by atoms with Crippen molar-refractivity contribution in [3.8, 4) is 5.69 Å². The van der Waals surface area contributed by atoms with Gasteiger partial charge in [0, 0.05) is 32.2 Å². The molecule has 1 amide bonds. The van der Waals surface area contributed by atoms with Gasteiger partial charge in [-0.15, -0.1) is 0 Å². The molecule has 0 aliphatic heterocycles. The van der Waals surface area contributed by atoms with Crippen LogP contribution in [0.4, 0.5) is 0 Å². The second kappa shape index (κ2) is 7.32. The number of hydrogen-bond donors (Lipinski definition) is 1. The number of carboxylic acid groups (broad SMARTS) is 1. The van der Waals surface area contributed by atoms with Crippen LogP contribution in [0.25, 0.3) is 5.69 Å². The number of carbonyl (C=O) groups is 2. The third-order valence-corrected chi connectivity index (χ3v) is 2.91. The fraction of sp³-hybridized carbons (Fsp3) is 0.286. The monoisotopic (exact) mass is 304 g/mol. The first kappa shape index (κ1) is 15.6. The molecule has 2 aromatic rings. The van der Waals surface area contributed by atoms with E-state index in [0.717, 1.165) is 0 Å². The molecule has 0 unspecified atom stereocenters. The van der Waals surface area contributed by atoms with Crippen LogP contribution in [0.5, 0.6) is 0 Å². The molecular weight excluding hydrogens is 288 g/mol. The summed E-state index contributed by atoms with van der Waals surface area (Å²) >= 11 is 0. The molecule has 2 heterocycles. The summed E-state index contributed by atoms with van der Waals surface area (Å²) in [7, 11) is 1.49. The molecule has 0 fully saturated rings. The molecule has 0 saturated heterocycles. The predicted molar refractivity (Wildman–Crippen MR) is 76.8 cm³/mol. The Kier molecular flexibility index (Phi) is 5.21. The van der Waals surface area contributed by atoms with E-state index in [-0.39, 0.29) is 18.8 Å². The zero-order valence-electron chi connectivity index (χ0n) is 12.0. The quantitative estimate of drug-likeness (QED) is 0.797. The van der Waals surface area contributed by atoms with Crippen LogP contribution in [-0.4, -0.2) is 63.5 Å². The van der Waals surface area contributed by atoms with Crippen LogP contribution < -0.4 is 0 Å². The van der Waals surface area contributed by atoms with E-state index in [4.69, 9.17) is 9.84 Å². The molecule has 116 valence electrons. The Morgan fingerprint density at radius 1 is 1.41 bits per heavy atom. The summed E-state index contributed by atoms with van der Waals surface area (Å²) in [6.07, 6.45) is 4.85. The van der Waals surface area contributed by atoms with Crippen LogP contribution in [0.15, 0.2) is 36.8 Å². The molecule has 1 N–H and O–H groups in total. The van der Waals surface area contributed by atoms with Crippen LogP contribution in [0.3, 0.4) is 0 Å². The molecule has 0 radical (unpaired) electrons. The van der Waals surface area contributed by atoms with Crippen LogP contribution >= 0.6 is 0 Å². The minimum Gasteiger partial charge on any atom is -0.480 e. The third-order valence-electron chi connectivity index (χ3n) is 2.91. The molecule has 0 saturated carbocycles. The number of methoxy groups -OCH3 is 1. The number of amides is 1. The number of ether oxygens (including phenoxy) is 1. The van der Waals surface area contributed by atoms with Gasteiger partial charge in [-0.1, -0.05) is 0 Å². The normalized spacial score (nSPS) is 10.4. The lowest BCUT2D eigenvalue weighted by Gasteiger charge is -2.20. The van der Waals surface area contributed by atoms with E-state index < -0.39 is 18.4 Å². The molecule has 0 atom stereocenters. The largest absolute Gasteiger partial charge is 0.480 e. The topological polar surface area (TPSA) is 97.6 Å². The maximum Gasteiger partial charge on any atom is 0.323 e. The smallest absolute Gasteiger partial charge is 0.323 e. The molecule has 0 bridgehead atoms. The van der Waals surface area contributed by atoms with Gasteiger partial charge in [0.25, 0.3) is 5.91 Å². The first-order chi connectivity index (χ1) is 10.6. The fourth-order valence-corrected chi connectivity index (χ4v) is 1.88. The molecule has 8 nitrogen and oxygen atoms in total. The average molecular weight is 304 g/mol. The number of carbonyl (C=O) groups excluding carboxylic acids is 1. The Balaban J connectivity index is 2.22. The lowest BCUT2D eigenvalue weighted by atomic mass is 10.2. The summed E-state index contributed by atoms with van der Waals surface area (Å²) in [4.78, 5) is 28.5. The highest BCUT2D eigenvalue weighted by Gasteiger charge is 2.20. The maximum absolute atomic E-state index is 12.4. The van der Waals surface area contributed by atoms with Gasteiger partial charge in [-0.05, 0) is 18.2 Å². The van der Waals surface area contributed by atoms with Crippen molar-refractivity contribution >= 4 is 11.9 Å². The molecule has 0 spiro atoms. The molecule has 2 rings (SSSR count). The van der Waals surface area contributed by atoms with Crippen molar-refractivity contribution < 1.29 is 19.4 Å². The van der Waals surface area contributed by atoms with Crippen molar-refractivity contribution in [2.75, 3.05) is 26.8 Å². The van der Waals surface area contributed by atoms with E-state index in [2.05, 4.69) is 10.1 Å². The van der Waals surface area contributed by atoms with Crippen LogP contribution in [-0.2, 0) is 9.53 Å². The average Bonchev–Trinajstić information content (AvgIpc) is 3.05. The van der Waals surface area contributed by atoms with Gasteiger partial charge in [0.2, 0.25) is 0 Å². The number of nitrogens with zero attached hydrogens (tertiary/aromatic N) is 4. The first-order valence-electron chi connectivity index (χ1n) is 6.58. The van der Waals surface area contributed by atoms with Crippen molar-refractivity contribution in [3.63, 3.8) is 0 Å². The van der Waals surface area contributed by atoms with Gasteiger partial charge in [0.15, 0.2) is 0 Å². The Morgan fingerprint density at radius 2 is 2.23 bits per heavy atom. The number of carboxylic acids is 1. The van der Waals surface area contributed by atoms with Crippen LogP contribution in [0.2, 0.25) is 0 Å². The summed E-state index contributed by atoms with van der Waals surface area (Å²) in [5.41, 5.74) is 0.829. The van der Waals surface area contributed by atoms with Crippen molar-refractivity contribution in [1.29, 1.82) is 0 Å². The highest BCUT2D eigenvalue weighted by atomic mass is 16.5. The molecule has 0 aromatic carbocycles. The van der Waals surface area contributed by atoms with E-state index >= 15 is 0 Å². The van der Waals surface area contributed by atoms with Crippen LogP contribution in [0.1, 0.15) is 10.5 Å². The van der Waals surface area contributed by atoms with E-state index in [1.54, 1.807) is 35.3 Å². The minimum absolute atomic E-state index is 0.158. The summed E-state index contributed by atoms with van der Waals surface area (Å²) in [5, 5.41) is 13.0. The zero-order chi connectivity index (χ0) is 15.9. The van der Waals surface area contributed by atoms with Gasteiger partial charge in [-0.2, -0.15) is 5.10 Å². The summed E-state index contributed by atoms with van der Waals surface area (Å²) in [6.45, 7) is 0.0169. The first-order valence-corrected chi connectivity index (χ1v) is 6.58. The zero-order valence-corrected chi connectivity index (χ0v) is 12.0. The second-order valence-electron chi connectivity index (χ2n) is 4.46. The Hall–Kier alpha value is -2.74. The molecular formula is C14H16N4O4. The number of pyridine rings is 1. The van der Waals surface area contributed by atoms with E-state index in [0.29, 0.717) is 5.69 Å². The lowest BCUT2D eigenvalue weighted by molar-refractivity contribution is -0.137. The van der Waals surface area contributed by atoms with Gasteiger partial charge in [0.1, 0.15) is 12.2 Å². The molecule has 8 heteroatoms. The second-order valence-corrected chi connectivity index (χ2v) is 4.46. The SMILES string of the molecule is COCCN(CC(=O)O)C(=O)c1cc(-n2cccn2)ccn1. The van der Waals surface area contributed by atoms with Crippen molar-refractivity contribution in [2.45, 2.75) is 0 Å². The summed E-state index contributed by atoms with van der Waals surface area (Å²) < 4.78 is 6.49. The van der Waals surface area contributed by atoms with Crippen LogP contribution in [0, 0.1) is 0 Å². The maximum atomic E-state index is 12.4. The third kappa shape index (κ3) is 3.89.